The summed E-state index contributed by atoms with van der Waals surface area (Å²) in [7, 11) is 0. The summed E-state index contributed by atoms with van der Waals surface area (Å²) in [5, 5.41) is 3.54. The molecule has 6 nitrogen and oxygen atoms in total. The van der Waals surface area contributed by atoms with Crippen LogP contribution in [-0.2, 0) is 16.0 Å². The largest absolute Gasteiger partial charge is 0.347 e. The van der Waals surface area contributed by atoms with E-state index in [2.05, 4.69) is 10.3 Å². The van der Waals surface area contributed by atoms with Gasteiger partial charge >= 0.3 is 11.8 Å². The van der Waals surface area contributed by atoms with Crippen LogP contribution in [0.2, 0.25) is 0 Å². The zero-order chi connectivity index (χ0) is 13.7. The predicted molar refractivity (Wildman–Crippen MR) is 70.8 cm³/mol. The highest BCUT2D eigenvalue weighted by Gasteiger charge is 2.10. The number of nitrogens with two attached hydrogens (primary N) is 1. The minimum Gasteiger partial charge on any atom is -0.347 e. The second-order valence-corrected chi connectivity index (χ2v) is 3.97. The Kier molecular flexibility index (Phi) is 4.04. The molecule has 2 aromatic rings. The first-order chi connectivity index (χ1) is 9.22. The van der Waals surface area contributed by atoms with Crippen molar-refractivity contribution < 1.29 is 9.59 Å². The summed E-state index contributed by atoms with van der Waals surface area (Å²) in [4.78, 5) is 26.4. The highest BCUT2D eigenvalue weighted by molar-refractivity contribution is 6.34. The van der Waals surface area contributed by atoms with Crippen LogP contribution in [0.25, 0.3) is 10.9 Å². The molecule has 0 aliphatic rings. The van der Waals surface area contributed by atoms with Crippen LogP contribution in [0.5, 0.6) is 0 Å². The van der Waals surface area contributed by atoms with Crippen LogP contribution in [0.15, 0.2) is 36.5 Å². The molecule has 0 fully saturated rings. The Hall–Kier alpha value is -2.47. The average Bonchev–Trinajstić information content (AvgIpc) is 2.46. The molecule has 0 aliphatic carbocycles. The maximum absolute atomic E-state index is 11.2. The molecule has 98 valence electrons. The van der Waals surface area contributed by atoms with Gasteiger partial charge in [-0.2, -0.15) is 0 Å². The standard InChI is InChI=1S/C13H14N4O2/c14-17-13(19)12(18)16-8-6-10-4-1-3-9-5-2-7-15-11(9)10/h1-5,7H,6,8,14H2,(H,16,18)(H,17,19). The Balaban J connectivity index is 2.02. The molecule has 1 heterocycles. The van der Waals surface area contributed by atoms with Crippen LogP contribution >= 0.6 is 0 Å². The molecule has 4 N–H and O–H groups in total. The van der Waals surface area contributed by atoms with E-state index in [-0.39, 0.29) is 0 Å². The third-order valence-corrected chi connectivity index (χ3v) is 2.73. The third-order valence-electron chi connectivity index (χ3n) is 2.73. The molecule has 0 spiro atoms. The van der Waals surface area contributed by atoms with Crippen molar-refractivity contribution in [2.45, 2.75) is 6.42 Å². The zero-order valence-electron chi connectivity index (χ0n) is 10.2. The molecule has 0 bridgehead atoms. The van der Waals surface area contributed by atoms with Gasteiger partial charge in [0.05, 0.1) is 5.52 Å². The molecule has 2 amide bonds. The van der Waals surface area contributed by atoms with Gasteiger partial charge in [0.15, 0.2) is 0 Å². The maximum Gasteiger partial charge on any atom is 0.323 e. The fraction of sp³-hybridized carbons (Fsp3) is 0.154. The second kappa shape index (κ2) is 5.92. The summed E-state index contributed by atoms with van der Waals surface area (Å²) >= 11 is 0. The van der Waals surface area contributed by atoms with Crippen LogP contribution in [0, 0.1) is 0 Å². The van der Waals surface area contributed by atoms with Gasteiger partial charge in [0, 0.05) is 18.1 Å². The van der Waals surface area contributed by atoms with E-state index in [1.807, 2.05) is 30.3 Å². The van der Waals surface area contributed by atoms with Gasteiger partial charge in [0.25, 0.3) is 0 Å². The molecule has 2 rings (SSSR count). The first-order valence-corrected chi connectivity index (χ1v) is 5.84. The minimum absolute atomic E-state index is 0.349. The molecule has 1 aromatic carbocycles. The average molecular weight is 258 g/mol. The molecule has 0 atom stereocenters. The lowest BCUT2D eigenvalue weighted by molar-refractivity contribution is -0.139. The van der Waals surface area contributed by atoms with Gasteiger partial charge in [-0.25, -0.2) is 5.84 Å². The van der Waals surface area contributed by atoms with Gasteiger partial charge in [-0.1, -0.05) is 24.3 Å². The summed E-state index contributed by atoms with van der Waals surface area (Å²) in [6.45, 7) is 0.349. The quantitative estimate of drug-likeness (QED) is 0.309. The number of hydrazine groups is 1. The fourth-order valence-electron chi connectivity index (χ4n) is 1.83. The molecular weight excluding hydrogens is 244 g/mol. The van der Waals surface area contributed by atoms with E-state index < -0.39 is 11.8 Å². The number of rotatable bonds is 3. The number of hydrogen-bond donors (Lipinski definition) is 3. The van der Waals surface area contributed by atoms with E-state index in [4.69, 9.17) is 5.84 Å². The number of pyridine rings is 1. The molecule has 0 aliphatic heterocycles. The second-order valence-electron chi connectivity index (χ2n) is 3.97. The van der Waals surface area contributed by atoms with Gasteiger partial charge in [-0.05, 0) is 18.1 Å². The molecule has 0 saturated heterocycles. The first kappa shape index (κ1) is 13.0. The Labute approximate surface area is 110 Å². The first-order valence-electron chi connectivity index (χ1n) is 5.84. The molecule has 0 radical (unpaired) electrons. The topological polar surface area (TPSA) is 97.1 Å². The predicted octanol–water partition coefficient (Wildman–Crippen LogP) is -0.117. The van der Waals surface area contributed by atoms with Crippen molar-refractivity contribution in [3.05, 3.63) is 42.1 Å². The summed E-state index contributed by atoms with van der Waals surface area (Å²) in [5.74, 6) is 3.27. The van der Waals surface area contributed by atoms with E-state index in [0.29, 0.717) is 13.0 Å². The Bertz CT molecular complexity index is 607. The van der Waals surface area contributed by atoms with Crippen molar-refractivity contribution in [1.29, 1.82) is 0 Å². The minimum atomic E-state index is -0.851. The number of benzene rings is 1. The molecule has 6 heteroatoms. The summed E-state index contributed by atoms with van der Waals surface area (Å²) < 4.78 is 0. The lowest BCUT2D eigenvalue weighted by atomic mass is 10.1. The van der Waals surface area contributed by atoms with Crippen molar-refractivity contribution >= 4 is 22.7 Å². The maximum atomic E-state index is 11.2. The molecular formula is C13H14N4O2. The zero-order valence-corrected chi connectivity index (χ0v) is 10.2. The van der Waals surface area contributed by atoms with E-state index in [1.54, 1.807) is 11.6 Å². The van der Waals surface area contributed by atoms with E-state index >= 15 is 0 Å². The fourth-order valence-corrected chi connectivity index (χ4v) is 1.83. The van der Waals surface area contributed by atoms with Crippen molar-refractivity contribution in [3.63, 3.8) is 0 Å². The van der Waals surface area contributed by atoms with Crippen molar-refractivity contribution in [1.82, 2.24) is 15.7 Å². The van der Waals surface area contributed by atoms with Crippen LogP contribution in [0.3, 0.4) is 0 Å². The number of hydrogen-bond acceptors (Lipinski definition) is 4. The van der Waals surface area contributed by atoms with Crippen LogP contribution < -0.4 is 16.6 Å². The molecule has 19 heavy (non-hydrogen) atoms. The molecule has 0 unspecified atom stereocenters. The number of nitrogens with one attached hydrogen (secondary N) is 2. The van der Waals surface area contributed by atoms with Crippen LogP contribution in [-0.4, -0.2) is 23.3 Å². The molecule has 1 aromatic heterocycles. The van der Waals surface area contributed by atoms with Gasteiger partial charge in [0.1, 0.15) is 0 Å². The summed E-state index contributed by atoms with van der Waals surface area (Å²) in [6, 6.07) is 9.72. The van der Waals surface area contributed by atoms with Crippen LogP contribution in [0.4, 0.5) is 0 Å². The number of para-hydroxylation sites is 1. The Morgan fingerprint density at radius 1 is 1.16 bits per heavy atom. The van der Waals surface area contributed by atoms with E-state index in [1.165, 1.54) is 0 Å². The van der Waals surface area contributed by atoms with Crippen molar-refractivity contribution in [2.24, 2.45) is 5.84 Å². The lowest BCUT2D eigenvalue weighted by Crippen LogP contribution is -2.43. The highest BCUT2D eigenvalue weighted by atomic mass is 16.2. The normalized spacial score (nSPS) is 10.2. The Morgan fingerprint density at radius 2 is 1.95 bits per heavy atom. The lowest BCUT2D eigenvalue weighted by Gasteiger charge is -2.06. The van der Waals surface area contributed by atoms with Crippen molar-refractivity contribution in [3.8, 4) is 0 Å². The number of aromatic nitrogens is 1. The monoisotopic (exact) mass is 258 g/mol. The number of fused-ring (bicyclic) bond motifs is 1. The van der Waals surface area contributed by atoms with E-state index in [9.17, 15) is 9.59 Å². The number of carbonyl (C=O) groups is 2. The number of amides is 2. The number of carbonyl (C=O) groups excluding carboxylic acids is 2. The SMILES string of the molecule is NNC(=O)C(=O)NCCc1cccc2cccnc12. The van der Waals surface area contributed by atoms with Gasteiger partial charge < -0.3 is 5.32 Å². The summed E-state index contributed by atoms with van der Waals surface area (Å²) in [6.07, 6.45) is 2.32. The molecule has 0 saturated carbocycles. The van der Waals surface area contributed by atoms with Gasteiger partial charge in [-0.3, -0.25) is 20.0 Å². The van der Waals surface area contributed by atoms with Gasteiger partial charge in [-0.15, -0.1) is 0 Å². The Morgan fingerprint density at radius 3 is 2.74 bits per heavy atom. The third kappa shape index (κ3) is 3.05. The smallest absolute Gasteiger partial charge is 0.323 e. The van der Waals surface area contributed by atoms with E-state index in [0.717, 1.165) is 16.5 Å². The van der Waals surface area contributed by atoms with Crippen molar-refractivity contribution in [2.75, 3.05) is 6.54 Å². The highest BCUT2D eigenvalue weighted by Crippen LogP contribution is 2.15. The van der Waals surface area contributed by atoms with Crippen LogP contribution in [0.1, 0.15) is 5.56 Å². The number of nitrogens with zero attached hydrogens (tertiary/aromatic N) is 1. The van der Waals surface area contributed by atoms with Gasteiger partial charge in [0.2, 0.25) is 0 Å². The summed E-state index contributed by atoms with van der Waals surface area (Å²) in [5.41, 5.74) is 3.70.